The predicted octanol–water partition coefficient (Wildman–Crippen LogP) is 3.08. The molecule has 1 saturated carbocycles. The van der Waals surface area contributed by atoms with E-state index < -0.39 is 0 Å². The van der Waals surface area contributed by atoms with Gasteiger partial charge in [-0.25, -0.2) is 4.63 Å². The molecule has 3 aromatic rings. The van der Waals surface area contributed by atoms with Gasteiger partial charge in [-0.15, -0.1) is 0 Å². The maximum Gasteiger partial charge on any atom is 0.254 e. The summed E-state index contributed by atoms with van der Waals surface area (Å²) in [5.74, 6) is 0.450. The molecule has 6 nitrogen and oxygen atoms in total. The maximum absolute atomic E-state index is 13.0. The van der Waals surface area contributed by atoms with Crippen molar-refractivity contribution in [2.75, 3.05) is 7.05 Å². The molecule has 0 aliphatic heterocycles. The fourth-order valence-corrected chi connectivity index (χ4v) is 2.86. The highest BCUT2D eigenvalue weighted by Crippen LogP contribution is 2.40. The summed E-state index contributed by atoms with van der Waals surface area (Å²) >= 11 is 0. The van der Waals surface area contributed by atoms with Crippen molar-refractivity contribution in [1.29, 1.82) is 0 Å². The zero-order valence-corrected chi connectivity index (χ0v) is 13.7. The number of benzene rings is 1. The van der Waals surface area contributed by atoms with E-state index in [2.05, 4.69) is 10.3 Å². The molecule has 2 heterocycles. The molecule has 2 aromatic heterocycles. The predicted molar refractivity (Wildman–Crippen MR) is 88.6 cm³/mol. The van der Waals surface area contributed by atoms with E-state index in [4.69, 9.17) is 9.61 Å². The van der Waals surface area contributed by atoms with Gasteiger partial charge in [0.1, 0.15) is 11.4 Å². The van der Waals surface area contributed by atoms with Gasteiger partial charge >= 0.3 is 0 Å². The fourth-order valence-electron chi connectivity index (χ4n) is 2.86. The van der Waals surface area contributed by atoms with E-state index >= 15 is 0 Å². The topological polar surface area (TPSA) is 72.1 Å². The fraction of sp³-hybridized carbons (Fsp3) is 0.333. The average molecular weight is 322 g/mol. The molecular formula is C18H18N4O2. The van der Waals surface area contributed by atoms with Crippen molar-refractivity contribution in [2.45, 2.75) is 32.2 Å². The Morgan fingerprint density at radius 1 is 1.29 bits per heavy atom. The highest BCUT2D eigenvalue weighted by molar-refractivity contribution is 6.06. The van der Waals surface area contributed by atoms with Crippen LogP contribution in [0.2, 0.25) is 0 Å². The number of pyridine rings is 1. The number of rotatable bonds is 4. The summed E-state index contributed by atoms with van der Waals surface area (Å²) in [6, 6.07) is 9.75. The molecule has 1 aliphatic rings. The van der Waals surface area contributed by atoms with Crippen LogP contribution in [0, 0.1) is 6.92 Å². The van der Waals surface area contributed by atoms with Gasteiger partial charge in [0, 0.05) is 24.0 Å². The lowest BCUT2D eigenvalue weighted by Crippen LogP contribution is -2.27. The Labute approximate surface area is 139 Å². The molecule has 0 N–H and O–H groups in total. The summed E-state index contributed by atoms with van der Waals surface area (Å²) in [4.78, 5) is 19.4. The van der Waals surface area contributed by atoms with Gasteiger partial charge < -0.3 is 4.90 Å². The third kappa shape index (κ3) is 2.64. The Bertz CT molecular complexity index is 914. The lowest BCUT2D eigenvalue weighted by Gasteiger charge is -2.17. The number of fused-ring (bicyclic) bond motifs is 1. The maximum atomic E-state index is 13.0. The van der Waals surface area contributed by atoms with Crippen LogP contribution in [0.3, 0.4) is 0 Å². The van der Waals surface area contributed by atoms with E-state index in [9.17, 15) is 4.79 Å². The summed E-state index contributed by atoms with van der Waals surface area (Å²) in [5.41, 5.74) is 3.96. The Balaban J connectivity index is 1.71. The van der Waals surface area contributed by atoms with E-state index in [-0.39, 0.29) is 5.91 Å². The molecule has 122 valence electrons. The minimum Gasteiger partial charge on any atom is -0.336 e. The molecule has 24 heavy (non-hydrogen) atoms. The van der Waals surface area contributed by atoms with Crippen LogP contribution in [-0.2, 0) is 6.54 Å². The van der Waals surface area contributed by atoms with Crippen molar-refractivity contribution in [2.24, 2.45) is 0 Å². The number of amides is 1. The number of nitrogens with zero attached hydrogens (tertiary/aromatic N) is 4. The monoisotopic (exact) mass is 322 g/mol. The van der Waals surface area contributed by atoms with E-state index in [1.54, 1.807) is 11.9 Å². The number of hydrogen-bond donors (Lipinski definition) is 0. The van der Waals surface area contributed by atoms with E-state index in [0.717, 1.165) is 29.4 Å². The van der Waals surface area contributed by atoms with Crippen LogP contribution in [-0.4, -0.2) is 33.2 Å². The summed E-state index contributed by atoms with van der Waals surface area (Å²) in [5, 5.41) is 8.50. The third-order valence-electron chi connectivity index (χ3n) is 4.44. The lowest BCUT2D eigenvalue weighted by atomic mass is 10.0. The molecular weight excluding hydrogens is 304 g/mol. The van der Waals surface area contributed by atoms with Gasteiger partial charge in [-0.3, -0.25) is 9.78 Å². The number of aromatic nitrogens is 3. The summed E-state index contributed by atoms with van der Waals surface area (Å²) in [7, 11) is 1.77. The van der Waals surface area contributed by atoms with Crippen LogP contribution in [0.25, 0.3) is 10.9 Å². The Kier molecular flexibility index (Phi) is 3.52. The highest BCUT2D eigenvalue weighted by atomic mass is 16.6. The molecule has 0 radical (unpaired) electrons. The van der Waals surface area contributed by atoms with Gasteiger partial charge in [0.2, 0.25) is 0 Å². The zero-order chi connectivity index (χ0) is 16.7. The smallest absolute Gasteiger partial charge is 0.254 e. The second-order valence-electron chi connectivity index (χ2n) is 6.34. The average Bonchev–Trinajstić information content (AvgIpc) is 3.37. The molecule has 1 fully saturated rings. The van der Waals surface area contributed by atoms with Gasteiger partial charge in [0.05, 0.1) is 17.6 Å². The summed E-state index contributed by atoms with van der Waals surface area (Å²) in [6.07, 6.45) is 2.30. The molecule has 1 aromatic carbocycles. The minimum atomic E-state index is -0.0436. The first-order valence-corrected chi connectivity index (χ1v) is 8.06. The second kappa shape index (κ2) is 5.70. The summed E-state index contributed by atoms with van der Waals surface area (Å²) < 4.78 is 4.71. The number of carbonyl (C=O) groups is 1. The molecule has 6 heteroatoms. The number of hydrogen-bond acceptors (Lipinski definition) is 5. The highest BCUT2D eigenvalue weighted by Gasteiger charge is 2.27. The molecule has 1 aliphatic carbocycles. The first-order valence-electron chi connectivity index (χ1n) is 8.06. The van der Waals surface area contributed by atoms with Crippen LogP contribution >= 0.6 is 0 Å². The van der Waals surface area contributed by atoms with Crippen molar-refractivity contribution >= 4 is 16.8 Å². The van der Waals surface area contributed by atoms with E-state index in [0.29, 0.717) is 29.4 Å². The van der Waals surface area contributed by atoms with Gasteiger partial charge in [0.25, 0.3) is 5.91 Å². The number of carbonyl (C=O) groups excluding carboxylic acids is 1. The first kappa shape index (κ1) is 14.8. The van der Waals surface area contributed by atoms with Crippen molar-refractivity contribution in [3.8, 4) is 0 Å². The Hall–Kier alpha value is -2.76. The van der Waals surface area contributed by atoms with Gasteiger partial charge in [-0.1, -0.05) is 28.5 Å². The van der Waals surface area contributed by atoms with E-state index in [1.807, 2.05) is 37.3 Å². The largest absolute Gasteiger partial charge is 0.336 e. The standard InChI is InChI=1S/C18H18N4O2/c1-11-17(21-24-20-11)10-22(2)18(23)14-9-16(12-7-8-12)19-15-6-4-3-5-13(14)15/h3-6,9,12H,7-8,10H2,1-2H3. The number of aryl methyl sites for hydroxylation is 1. The third-order valence-corrected chi connectivity index (χ3v) is 4.44. The summed E-state index contributed by atoms with van der Waals surface area (Å²) in [6.45, 7) is 2.18. The van der Waals surface area contributed by atoms with Gasteiger partial charge in [0.15, 0.2) is 0 Å². The van der Waals surface area contributed by atoms with Crippen LogP contribution in [0.4, 0.5) is 0 Å². The van der Waals surface area contributed by atoms with Gasteiger partial charge in [-0.2, -0.15) is 0 Å². The van der Waals surface area contributed by atoms with Crippen LogP contribution < -0.4 is 0 Å². The molecule has 1 amide bonds. The molecule has 0 spiro atoms. The van der Waals surface area contributed by atoms with Crippen molar-refractivity contribution in [1.82, 2.24) is 20.2 Å². The minimum absolute atomic E-state index is 0.0436. The van der Waals surface area contributed by atoms with Crippen molar-refractivity contribution in [3.05, 3.63) is 53.0 Å². The molecule has 4 rings (SSSR count). The Morgan fingerprint density at radius 2 is 2.08 bits per heavy atom. The first-order chi connectivity index (χ1) is 11.6. The van der Waals surface area contributed by atoms with Crippen LogP contribution in [0.5, 0.6) is 0 Å². The second-order valence-corrected chi connectivity index (χ2v) is 6.34. The zero-order valence-electron chi connectivity index (χ0n) is 13.7. The van der Waals surface area contributed by atoms with Gasteiger partial charge in [-0.05, 0) is 31.9 Å². The van der Waals surface area contributed by atoms with Crippen molar-refractivity contribution in [3.63, 3.8) is 0 Å². The lowest BCUT2D eigenvalue weighted by molar-refractivity contribution is 0.0783. The normalized spacial score (nSPS) is 14.1. The number of para-hydroxylation sites is 1. The molecule has 0 atom stereocenters. The Morgan fingerprint density at radius 3 is 2.79 bits per heavy atom. The quantitative estimate of drug-likeness (QED) is 0.738. The molecule has 0 unspecified atom stereocenters. The molecule has 0 saturated heterocycles. The van der Waals surface area contributed by atoms with Crippen molar-refractivity contribution < 1.29 is 9.42 Å². The van der Waals surface area contributed by atoms with Crippen LogP contribution in [0.15, 0.2) is 35.0 Å². The van der Waals surface area contributed by atoms with E-state index in [1.165, 1.54) is 0 Å². The molecule has 0 bridgehead atoms. The van der Waals surface area contributed by atoms with Crippen LogP contribution in [0.1, 0.15) is 46.2 Å². The SMILES string of the molecule is Cc1nonc1CN(C)C(=O)c1cc(C2CC2)nc2ccccc12.